The Balaban J connectivity index is 2.03. The largest absolute Gasteiger partial charge is 0.455 e. The SMILES string of the molecule is O=C(OCc1c(Cl)cccc1Cl)C(=O)c1cccs1. The zero-order valence-corrected chi connectivity index (χ0v) is 11.9. The molecule has 1 aromatic carbocycles. The van der Waals surface area contributed by atoms with Gasteiger partial charge in [0.15, 0.2) is 0 Å². The molecule has 1 heterocycles. The van der Waals surface area contributed by atoms with Crippen LogP contribution in [0.1, 0.15) is 15.2 Å². The van der Waals surface area contributed by atoms with Crippen LogP contribution < -0.4 is 0 Å². The summed E-state index contributed by atoms with van der Waals surface area (Å²) in [6.07, 6.45) is 0. The number of rotatable bonds is 4. The molecule has 19 heavy (non-hydrogen) atoms. The lowest BCUT2D eigenvalue weighted by atomic mass is 10.2. The summed E-state index contributed by atoms with van der Waals surface area (Å²) in [6.45, 7) is -0.131. The maximum atomic E-state index is 11.7. The lowest BCUT2D eigenvalue weighted by Crippen LogP contribution is -2.16. The standard InChI is InChI=1S/C13H8Cl2O3S/c14-9-3-1-4-10(15)8(9)7-18-13(17)12(16)11-5-2-6-19-11/h1-6H,7H2. The second-order valence-electron chi connectivity index (χ2n) is 3.58. The van der Waals surface area contributed by atoms with Gasteiger partial charge in [0.1, 0.15) is 6.61 Å². The van der Waals surface area contributed by atoms with Crippen molar-refractivity contribution in [3.05, 3.63) is 56.2 Å². The number of thiophene rings is 1. The minimum atomic E-state index is -0.918. The number of benzene rings is 1. The molecule has 0 amide bonds. The molecular weight excluding hydrogens is 307 g/mol. The summed E-state index contributed by atoms with van der Waals surface area (Å²) in [5.74, 6) is -1.59. The first-order valence-corrected chi connectivity index (χ1v) is 6.91. The van der Waals surface area contributed by atoms with Crippen molar-refractivity contribution in [3.63, 3.8) is 0 Å². The molecule has 0 unspecified atom stereocenters. The summed E-state index contributed by atoms with van der Waals surface area (Å²) in [4.78, 5) is 23.6. The molecule has 0 radical (unpaired) electrons. The van der Waals surface area contributed by atoms with Crippen molar-refractivity contribution in [2.24, 2.45) is 0 Å². The van der Waals surface area contributed by atoms with Crippen LogP contribution in [0.5, 0.6) is 0 Å². The van der Waals surface area contributed by atoms with E-state index >= 15 is 0 Å². The highest BCUT2D eigenvalue weighted by Crippen LogP contribution is 2.25. The normalized spacial score (nSPS) is 10.2. The number of hydrogen-bond donors (Lipinski definition) is 0. The quantitative estimate of drug-likeness (QED) is 0.487. The first-order chi connectivity index (χ1) is 9.09. The Kier molecular flexibility index (Phi) is 4.58. The van der Waals surface area contributed by atoms with Crippen LogP contribution in [-0.2, 0) is 16.1 Å². The molecule has 0 atom stereocenters. The van der Waals surface area contributed by atoms with Gasteiger partial charge in [-0.05, 0) is 23.6 Å². The van der Waals surface area contributed by atoms with E-state index in [1.807, 2.05) is 0 Å². The maximum absolute atomic E-state index is 11.7. The van der Waals surface area contributed by atoms with Crippen molar-refractivity contribution in [2.45, 2.75) is 6.61 Å². The third-order valence-corrected chi connectivity index (χ3v) is 3.92. The summed E-state index contributed by atoms with van der Waals surface area (Å²) < 4.78 is 4.92. The zero-order valence-electron chi connectivity index (χ0n) is 9.56. The molecular formula is C13H8Cl2O3S. The Morgan fingerprint density at radius 2 is 1.79 bits per heavy atom. The Bertz CT molecular complexity index is 588. The summed E-state index contributed by atoms with van der Waals surface area (Å²) in [6, 6.07) is 8.22. The zero-order chi connectivity index (χ0) is 13.8. The molecule has 98 valence electrons. The molecule has 2 aromatic rings. The first-order valence-electron chi connectivity index (χ1n) is 5.27. The number of ether oxygens (including phenoxy) is 1. The third-order valence-electron chi connectivity index (χ3n) is 2.34. The van der Waals surface area contributed by atoms with Crippen LogP contribution >= 0.6 is 34.5 Å². The van der Waals surface area contributed by atoms with Gasteiger partial charge in [-0.15, -0.1) is 11.3 Å². The van der Waals surface area contributed by atoms with Gasteiger partial charge in [0, 0.05) is 15.6 Å². The fourth-order valence-corrected chi connectivity index (χ4v) is 2.54. The monoisotopic (exact) mass is 314 g/mol. The number of Topliss-reactive ketones (excluding diaryl/α,β-unsaturated/α-hetero) is 1. The van der Waals surface area contributed by atoms with Crippen LogP contribution in [0.3, 0.4) is 0 Å². The van der Waals surface area contributed by atoms with Gasteiger partial charge in [-0.1, -0.05) is 35.3 Å². The van der Waals surface area contributed by atoms with Gasteiger partial charge in [0.2, 0.25) is 0 Å². The number of esters is 1. The Morgan fingerprint density at radius 3 is 2.37 bits per heavy atom. The van der Waals surface area contributed by atoms with E-state index in [0.717, 1.165) is 0 Å². The van der Waals surface area contributed by atoms with E-state index in [1.54, 1.807) is 35.7 Å². The molecule has 6 heteroatoms. The highest BCUT2D eigenvalue weighted by atomic mass is 35.5. The van der Waals surface area contributed by atoms with Gasteiger partial charge < -0.3 is 4.74 Å². The minimum absolute atomic E-state index is 0.131. The summed E-state index contributed by atoms with van der Waals surface area (Å²) in [5.41, 5.74) is 0.484. The molecule has 3 nitrogen and oxygen atoms in total. The van der Waals surface area contributed by atoms with E-state index in [2.05, 4.69) is 0 Å². The fraction of sp³-hybridized carbons (Fsp3) is 0.0769. The molecule has 0 N–H and O–H groups in total. The van der Waals surface area contributed by atoms with Gasteiger partial charge >= 0.3 is 5.97 Å². The van der Waals surface area contributed by atoms with Crippen LogP contribution in [-0.4, -0.2) is 11.8 Å². The fourth-order valence-electron chi connectivity index (χ4n) is 1.38. The van der Waals surface area contributed by atoms with Crippen LogP contribution in [0.2, 0.25) is 10.0 Å². The summed E-state index contributed by atoms with van der Waals surface area (Å²) in [7, 11) is 0. The lowest BCUT2D eigenvalue weighted by molar-refractivity contribution is -0.139. The number of ketones is 1. The molecule has 2 rings (SSSR count). The van der Waals surface area contributed by atoms with E-state index < -0.39 is 11.8 Å². The average Bonchev–Trinajstić information content (AvgIpc) is 2.90. The lowest BCUT2D eigenvalue weighted by Gasteiger charge is -2.07. The van der Waals surface area contributed by atoms with Crippen molar-refractivity contribution in [3.8, 4) is 0 Å². The van der Waals surface area contributed by atoms with Crippen molar-refractivity contribution in [1.29, 1.82) is 0 Å². The van der Waals surface area contributed by atoms with Gasteiger partial charge in [-0.2, -0.15) is 0 Å². The predicted molar refractivity (Wildman–Crippen MR) is 74.9 cm³/mol. The van der Waals surface area contributed by atoms with Crippen molar-refractivity contribution in [2.75, 3.05) is 0 Å². The minimum Gasteiger partial charge on any atom is -0.455 e. The van der Waals surface area contributed by atoms with Crippen molar-refractivity contribution >= 4 is 46.3 Å². The Labute approximate surface area is 123 Å². The van der Waals surface area contributed by atoms with E-state index in [4.69, 9.17) is 27.9 Å². The van der Waals surface area contributed by atoms with E-state index in [1.165, 1.54) is 11.3 Å². The van der Waals surface area contributed by atoms with Gasteiger partial charge in [-0.3, -0.25) is 4.79 Å². The highest BCUT2D eigenvalue weighted by Gasteiger charge is 2.19. The number of carbonyl (C=O) groups is 2. The second-order valence-corrected chi connectivity index (χ2v) is 5.34. The molecule has 0 spiro atoms. The van der Waals surface area contributed by atoms with E-state index in [-0.39, 0.29) is 6.61 Å². The van der Waals surface area contributed by atoms with Crippen LogP contribution in [0.25, 0.3) is 0 Å². The van der Waals surface area contributed by atoms with Gasteiger partial charge in [0.05, 0.1) is 4.88 Å². The average molecular weight is 315 g/mol. The van der Waals surface area contributed by atoms with Crippen LogP contribution in [0.4, 0.5) is 0 Å². The third kappa shape index (κ3) is 3.35. The molecule has 0 aliphatic rings. The molecule has 0 aliphatic heterocycles. The topological polar surface area (TPSA) is 43.4 Å². The summed E-state index contributed by atoms with van der Waals surface area (Å²) >= 11 is 13.1. The van der Waals surface area contributed by atoms with E-state index in [9.17, 15) is 9.59 Å². The smallest absolute Gasteiger partial charge is 0.380 e. The molecule has 0 saturated carbocycles. The van der Waals surface area contributed by atoms with Gasteiger partial charge in [-0.25, -0.2) is 4.79 Å². The predicted octanol–water partition coefficient (Wildman–Crippen LogP) is 3.98. The molecule has 0 bridgehead atoms. The number of carbonyl (C=O) groups excluding carboxylic acids is 2. The van der Waals surface area contributed by atoms with Crippen LogP contribution in [0, 0.1) is 0 Å². The molecule has 1 aromatic heterocycles. The molecule has 0 saturated heterocycles. The Morgan fingerprint density at radius 1 is 1.11 bits per heavy atom. The van der Waals surface area contributed by atoms with E-state index in [0.29, 0.717) is 20.5 Å². The summed E-state index contributed by atoms with van der Waals surface area (Å²) in [5, 5.41) is 2.50. The second kappa shape index (κ2) is 6.19. The maximum Gasteiger partial charge on any atom is 0.380 e. The number of halogens is 2. The highest BCUT2D eigenvalue weighted by molar-refractivity contribution is 7.12. The number of hydrogen-bond acceptors (Lipinski definition) is 4. The van der Waals surface area contributed by atoms with Crippen molar-refractivity contribution in [1.82, 2.24) is 0 Å². The van der Waals surface area contributed by atoms with Crippen LogP contribution in [0.15, 0.2) is 35.7 Å². The van der Waals surface area contributed by atoms with Crippen molar-refractivity contribution < 1.29 is 14.3 Å². The Hall–Kier alpha value is -1.36. The van der Waals surface area contributed by atoms with Gasteiger partial charge in [0.25, 0.3) is 5.78 Å². The molecule has 0 fully saturated rings. The first kappa shape index (κ1) is 14.1. The molecule has 0 aliphatic carbocycles.